The number of fused-ring (bicyclic) bond motifs is 1. The van der Waals surface area contributed by atoms with Gasteiger partial charge in [0.25, 0.3) is 0 Å². The third-order valence-electron chi connectivity index (χ3n) is 3.85. The number of thioether (sulfide) groups is 1. The quantitative estimate of drug-likeness (QED) is 0.886. The Kier molecular flexibility index (Phi) is 3.59. The van der Waals surface area contributed by atoms with Crippen LogP contribution in [0.2, 0.25) is 0 Å². The Morgan fingerprint density at radius 3 is 3.06 bits per heavy atom. The first-order valence-corrected chi connectivity index (χ1v) is 7.58. The van der Waals surface area contributed by atoms with E-state index in [-0.39, 0.29) is 5.82 Å². The van der Waals surface area contributed by atoms with Crippen LogP contribution < -0.4 is 5.32 Å². The highest BCUT2D eigenvalue weighted by molar-refractivity contribution is 7.99. The molecule has 0 radical (unpaired) electrons. The van der Waals surface area contributed by atoms with Crippen LogP contribution in [0.15, 0.2) is 23.1 Å². The van der Waals surface area contributed by atoms with E-state index in [4.69, 9.17) is 0 Å². The SMILES string of the molecule is CN1CCC(NC2CCSc3c(F)cccc32)C1. The molecule has 2 unspecified atom stereocenters. The molecule has 2 atom stereocenters. The summed E-state index contributed by atoms with van der Waals surface area (Å²) in [6.45, 7) is 2.27. The number of likely N-dealkylation sites (tertiary alicyclic amines) is 1. The fourth-order valence-corrected chi connectivity index (χ4v) is 4.06. The average molecular weight is 266 g/mol. The van der Waals surface area contributed by atoms with Crippen molar-refractivity contribution in [3.05, 3.63) is 29.6 Å². The van der Waals surface area contributed by atoms with Crippen LogP contribution >= 0.6 is 11.8 Å². The van der Waals surface area contributed by atoms with Gasteiger partial charge in [0.2, 0.25) is 0 Å². The van der Waals surface area contributed by atoms with E-state index in [0.29, 0.717) is 12.1 Å². The van der Waals surface area contributed by atoms with Gasteiger partial charge in [0.05, 0.1) is 0 Å². The fraction of sp³-hybridized carbons (Fsp3) is 0.571. The molecule has 1 N–H and O–H groups in total. The largest absolute Gasteiger partial charge is 0.306 e. The van der Waals surface area contributed by atoms with Crippen LogP contribution in [-0.4, -0.2) is 36.8 Å². The highest BCUT2D eigenvalue weighted by Gasteiger charge is 2.27. The number of nitrogens with one attached hydrogen (secondary N) is 1. The van der Waals surface area contributed by atoms with Gasteiger partial charge in [-0.25, -0.2) is 4.39 Å². The lowest BCUT2D eigenvalue weighted by Crippen LogP contribution is -2.36. The third kappa shape index (κ3) is 2.42. The van der Waals surface area contributed by atoms with E-state index in [0.717, 1.165) is 35.7 Å². The van der Waals surface area contributed by atoms with Gasteiger partial charge in [0.1, 0.15) is 5.82 Å². The maximum absolute atomic E-state index is 13.8. The van der Waals surface area contributed by atoms with Crippen molar-refractivity contribution in [2.75, 3.05) is 25.9 Å². The number of nitrogens with zero attached hydrogens (tertiary/aromatic N) is 1. The second-order valence-electron chi connectivity index (χ2n) is 5.26. The Morgan fingerprint density at radius 1 is 1.39 bits per heavy atom. The Balaban J connectivity index is 1.77. The zero-order valence-corrected chi connectivity index (χ0v) is 11.5. The zero-order chi connectivity index (χ0) is 12.5. The molecule has 4 heteroatoms. The van der Waals surface area contributed by atoms with E-state index in [2.05, 4.69) is 23.3 Å². The Hall–Kier alpha value is -0.580. The van der Waals surface area contributed by atoms with Crippen molar-refractivity contribution in [3.63, 3.8) is 0 Å². The number of benzene rings is 1. The lowest BCUT2D eigenvalue weighted by Gasteiger charge is -2.29. The summed E-state index contributed by atoms with van der Waals surface area (Å²) < 4.78 is 13.8. The molecule has 0 aliphatic carbocycles. The van der Waals surface area contributed by atoms with Crippen LogP contribution in [0.5, 0.6) is 0 Å². The maximum atomic E-state index is 13.8. The number of hydrogen-bond donors (Lipinski definition) is 1. The van der Waals surface area contributed by atoms with Crippen molar-refractivity contribution in [1.82, 2.24) is 10.2 Å². The fourth-order valence-electron chi connectivity index (χ4n) is 2.92. The average Bonchev–Trinajstić information content (AvgIpc) is 2.76. The first-order valence-electron chi connectivity index (χ1n) is 6.60. The molecule has 1 aromatic carbocycles. The maximum Gasteiger partial charge on any atom is 0.137 e. The normalized spacial score (nSPS) is 28.3. The van der Waals surface area contributed by atoms with E-state index >= 15 is 0 Å². The third-order valence-corrected chi connectivity index (χ3v) is 5.01. The van der Waals surface area contributed by atoms with Gasteiger partial charge in [-0.2, -0.15) is 0 Å². The summed E-state index contributed by atoms with van der Waals surface area (Å²) in [6, 6.07) is 6.35. The van der Waals surface area contributed by atoms with Crippen molar-refractivity contribution >= 4 is 11.8 Å². The molecule has 2 heterocycles. The van der Waals surface area contributed by atoms with Gasteiger partial charge in [0.15, 0.2) is 0 Å². The van der Waals surface area contributed by atoms with Gasteiger partial charge in [0, 0.05) is 23.5 Å². The summed E-state index contributed by atoms with van der Waals surface area (Å²) in [7, 11) is 2.16. The van der Waals surface area contributed by atoms with Crippen molar-refractivity contribution in [1.29, 1.82) is 0 Å². The van der Waals surface area contributed by atoms with Crippen LogP contribution in [0.1, 0.15) is 24.4 Å². The van der Waals surface area contributed by atoms with E-state index < -0.39 is 0 Å². The van der Waals surface area contributed by atoms with Crippen LogP contribution in [-0.2, 0) is 0 Å². The summed E-state index contributed by atoms with van der Waals surface area (Å²) in [5.74, 6) is 0.946. The minimum Gasteiger partial charge on any atom is -0.306 e. The molecule has 2 aliphatic rings. The van der Waals surface area contributed by atoms with Gasteiger partial charge in [-0.05, 0) is 43.8 Å². The molecular formula is C14H19FN2S. The van der Waals surface area contributed by atoms with Gasteiger partial charge in [-0.3, -0.25) is 0 Å². The van der Waals surface area contributed by atoms with Gasteiger partial charge < -0.3 is 10.2 Å². The molecule has 2 nitrogen and oxygen atoms in total. The summed E-state index contributed by atoms with van der Waals surface area (Å²) in [6.07, 6.45) is 2.30. The highest BCUT2D eigenvalue weighted by Crippen LogP contribution is 2.38. The lowest BCUT2D eigenvalue weighted by atomic mass is 10.0. The molecular weight excluding hydrogens is 247 g/mol. The van der Waals surface area contributed by atoms with E-state index in [9.17, 15) is 4.39 Å². The van der Waals surface area contributed by atoms with Crippen LogP contribution in [0.3, 0.4) is 0 Å². The predicted octanol–water partition coefficient (Wildman–Crippen LogP) is 2.66. The summed E-state index contributed by atoms with van der Waals surface area (Å²) in [5.41, 5.74) is 1.15. The lowest BCUT2D eigenvalue weighted by molar-refractivity contribution is 0.376. The van der Waals surface area contributed by atoms with Crippen LogP contribution in [0.25, 0.3) is 0 Å². The molecule has 1 aromatic rings. The molecule has 0 amide bonds. The van der Waals surface area contributed by atoms with Crippen molar-refractivity contribution in [2.24, 2.45) is 0 Å². The Labute approximate surface area is 112 Å². The minimum absolute atomic E-state index is 0.0625. The summed E-state index contributed by atoms with van der Waals surface area (Å²) >= 11 is 1.65. The van der Waals surface area contributed by atoms with Crippen molar-refractivity contribution in [2.45, 2.75) is 29.8 Å². The molecule has 1 saturated heterocycles. The molecule has 3 rings (SSSR count). The number of hydrogen-bond acceptors (Lipinski definition) is 3. The minimum atomic E-state index is -0.0625. The molecule has 0 bridgehead atoms. The van der Waals surface area contributed by atoms with Gasteiger partial charge in [-0.15, -0.1) is 11.8 Å². The number of likely N-dealkylation sites (N-methyl/N-ethyl adjacent to an activating group) is 1. The topological polar surface area (TPSA) is 15.3 Å². The smallest absolute Gasteiger partial charge is 0.137 e. The van der Waals surface area contributed by atoms with Crippen molar-refractivity contribution < 1.29 is 4.39 Å². The van der Waals surface area contributed by atoms with Gasteiger partial charge in [-0.1, -0.05) is 12.1 Å². The van der Waals surface area contributed by atoms with Crippen LogP contribution in [0.4, 0.5) is 4.39 Å². The molecule has 0 aromatic heterocycles. The first-order chi connectivity index (χ1) is 8.74. The molecule has 0 spiro atoms. The van der Waals surface area contributed by atoms with Gasteiger partial charge >= 0.3 is 0 Å². The molecule has 0 saturated carbocycles. The van der Waals surface area contributed by atoms with Crippen molar-refractivity contribution in [3.8, 4) is 0 Å². The summed E-state index contributed by atoms with van der Waals surface area (Å²) in [5, 5.41) is 3.71. The highest BCUT2D eigenvalue weighted by atomic mass is 32.2. The first kappa shape index (κ1) is 12.5. The standard InChI is InChI=1S/C14H19FN2S/c1-17-7-5-10(9-17)16-13-6-8-18-14-11(13)3-2-4-12(14)15/h2-4,10,13,16H,5-9H2,1H3. The van der Waals surface area contributed by atoms with E-state index in [1.807, 2.05) is 6.07 Å². The Morgan fingerprint density at radius 2 is 2.28 bits per heavy atom. The second kappa shape index (κ2) is 5.19. The number of halogens is 1. The molecule has 1 fully saturated rings. The summed E-state index contributed by atoms with van der Waals surface area (Å²) in [4.78, 5) is 3.20. The predicted molar refractivity (Wildman–Crippen MR) is 73.5 cm³/mol. The van der Waals surface area contributed by atoms with Crippen LogP contribution in [0, 0.1) is 5.82 Å². The second-order valence-corrected chi connectivity index (χ2v) is 6.37. The molecule has 18 heavy (non-hydrogen) atoms. The number of rotatable bonds is 2. The molecule has 98 valence electrons. The monoisotopic (exact) mass is 266 g/mol. The van der Waals surface area contributed by atoms with E-state index in [1.54, 1.807) is 17.8 Å². The Bertz CT molecular complexity index is 438. The molecule has 2 aliphatic heterocycles. The van der Waals surface area contributed by atoms with E-state index in [1.165, 1.54) is 6.42 Å². The zero-order valence-electron chi connectivity index (χ0n) is 10.7.